The number of pyridine rings is 1. The molecular weight excluding hydrogens is 499 g/mol. The Morgan fingerprint density at radius 2 is 1.58 bits per heavy atom. The Morgan fingerprint density at radius 3 is 2.13 bits per heavy atom. The standard InChI is InChI=1S/C28H28F3N3O4/c1-17(28(29,30)31)33-23(14-16-38-2)34(32-15-13-22(35)26(36)25(32)27(33)37)24-20-9-5-3-7-18(20)11-12-19-8-4-6-10-21(19)24/h3-10,13,15,17,23-24,36H,11-12,14,16H2,1-2H3. The minimum Gasteiger partial charge on any atom is -0.502 e. The zero-order chi connectivity index (χ0) is 27.2. The van der Waals surface area contributed by atoms with Crippen molar-refractivity contribution in [3.05, 3.63) is 99.0 Å². The molecule has 1 aliphatic carbocycles. The number of amides is 1. The Morgan fingerprint density at radius 1 is 1.00 bits per heavy atom. The molecule has 1 aliphatic heterocycles. The lowest BCUT2D eigenvalue weighted by atomic mass is 9.92. The van der Waals surface area contributed by atoms with Crippen molar-refractivity contribution in [2.24, 2.45) is 0 Å². The van der Waals surface area contributed by atoms with Crippen LogP contribution in [0.5, 0.6) is 5.75 Å². The molecule has 0 saturated heterocycles. The number of hydrogen-bond acceptors (Lipinski definition) is 5. The highest BCUT2D eigenvalue weighted by molar-refractivity contribution is 5.96. The number of alkyl halides is 3. The minimum absolute atomic E-state index is 0.0514. The summed E-state index contributed by atoms with van der Waals surface area (Å²) in [6.45, 7) is 0.992. The van der Waals surface area contributed by atoms with Crippen LogP contribution in [-0.4, -0.2) is 52.7 Å². The fraction of sp³-hybridized carbons (Fsp3) is 0.357. The van der Waals surface area contributed by atoms with Crippen molar-refractivity contribution in [1.82, 2.24) is 9.58 Å². The number of benzene rings is 2. The molecule has 2 atom stereocenters. The van der Waals surface area contributed by atoms with Crippen LogP contribution >= 0.6 is 0 Å². The second-order valence-corrected chi connectivity index (χ2v) is 9.59. The van der Waals surface area contributed by atoms with Crippen molar-refractivity contribution in [2.45, 2.75) is 50.6 Å². The maximum absolute atomic E-state index is 14.2. The highest BCUT2D eigenvalue weighted by Crippen LogP contribution is 2.42. The lowest BCUT2D eigenvalue weighted by Crippen LogP contribution is -2.66. The van der Waals surface area contributed by atoms with Crippen LogP contribution in [0.15, 0.2) is 65.6 Å². The molecule has 0 bridgehead atoms. The number of aromatic nitrogens is 1. The number of halogens is 3. The van der Waals surface area contributed by atoms with E-state index >= 15 is 0 Å². The van der Waals surface area contributed by atoms with Gasteiger partial charge in [-0.25, -0.2) is 0 Å². The number of hydrogen-bond donors (Lipinski definition) is 1. The van der Waals surface area contributed by atoms with Crippen molar-refractivity contribution in [3.63, 3.8) is 0 Å². The van der Waals surface area contributed by atoms with E-state index in [9.17, 15) is 27.9 Å². The first-order chi connectivity index (χ1) is 18.1. The van der Waals surface area contributed by atoms with Gasteiger partial charge in [0, 0.05) is 32.4 Å². The Bertz CT molecular complexity index is 1370. The lowest BCUT2D eigenvalue weighted by molar-refractivity contribution is -0.179. The summed E-state index contributed by atoms with van der Waals surface area (Å²) in [5.74, 6) is -1.96. The van der Waals surface area contributed by atoms with E-state index in [2.05, 4.69) is 0 Å². The number of ether oxygens (including phenoxy) is 1. The van der Waals surface area contributed by atoms with Crippen molar-refractivity contribution >= 4 is 5.91 Å². The fourth-order valence-corrected chi connectivity index (χ4v) is 5.60. The molecule has 2 unspecified atom stereocenters. The topological polar surface area (TPSA) is 75.0 Å². The normalized spacial score (nSPS) is 18.4. The van der Waals surface area contributed by atoms with E-state index in [-0.39, 0.29) is 13.0 Å². The monoisotopic (exact) mass is 527 g/mol. The molecule has 2 aliphatic rings. The van der Waals surface area contributed by atoms with Crippen molar-refractivity contribution in [2.75, 3.05) is 18.7 Å². The predicted octanol–water partition coefficient (Wildman–Crippen LogP) is 4.15. The highest BCUT2D eigenvalue weighted by atomic mass is 19.4. The molecule has 0 spiro atoms. The Kier molecular flexibility index (Phi) is 6.68. The first-order valence-electron chi connectivity index (χ1n) is 12.4. The van der Waals surface area contributed by atoms with Gasteiger partial charge in [0.2, 0.25) is 5.43 Å². The maximum Gasteiger partial charge on any atom is 0.408 e. The first-order valence-corrected chi connectivity index (χ1v) is 12.4. The number of fused-ring (bicyclic) bond motifs is 3. The number of carbonyl (C=O) groups is 1. The molecule has 2 heterocycles. The third-order valence-corrected chi connectivity index (χ3v) is 7.46. The zero-order valence-corrected chi connectivity index (χ0v) is 21.0. The van der Waals surface area contributed by atoms with Crippen LogP contribution in [-0.2, 0) is 17.6 Å². The van der Waals surface area contributed by atoms with E-state index in [0.717, 1.165) is 53.0 Å². The molecule has 38 heavy (non-hydrogen) atoms. The van der Waals surface area contributed by atoms with Gasteiger partial charge in [-0.1, -0.05) is 48.5 Å². The molecule has 0 saturated carbocycles. The van der Waals surface area contributed by atoms with Gasteiger partial charge >= 0.3 is 6.18 Å². The van der Waals surface area contributed by atoms with Gasteiger partial charge in [0.05, 0.1) is 6.04 Å². The fourth-order valence-electron chi connectivity index (χ4n) is 5.60. The molecule has 7 nitrogen and oxygen atoms in total. The summed E-state index contributed by atoms with van der Waals surface area (Å²) in [5.41, 5.74) is 2.45. The van der Waals surface area contributed by atoms with Crippen LogP contribution in [0.4, 0.5) is 13.2 Å². The van der Waals surface area contributed by atoms with Crippen LogP contribution in [0.25, 0.3) is 0 Å². The molecule has 2 aromatic carbocycles. The van der Waals surface area contributed by atoms with E-state index in [1.807, 2.05) is 48.5 Å². The third-order valence-electron chi connectivity index (χ3n) is 7.46. The molecule has 0 fully saturated rings. The van der Waals surface area contributed by atoms with Crippen molar-refractivity contribution < 1.29 is 27.8 Å². The Balaban J connectivity index is 1.84. The quantitative estimate of drug-likeness (QED) is 0.540. The molecule has 200 valence electrons. The Hall–Kier alpha value is -3.79. The minimum atomic E-state index is -4.75. The van der Waals surface area contributed by atoms with Crippen molar-refractivity contribution in [1.29, 1.82) is 0 Å². The van der Waals surface area contributed by atoms with Gasteiger partial charge in [-0.3, -0.25) is 19.3 Å². The maximum atomic E-state index is 14.2. The zero-order valence-electron chi connectivity index (χ0n) is 21.0. The largest absolute Gasteiger partial charge is 0.502 e. The van der Waals surface area contributed by atoms with E-state index in [0.29, 0.717) is 0 Å². The smallest absolute Gasteiger partial charge is 0.408 e. The molecule has 3 aromatic rings. The number of carbonyl (C=O) groups excluding carboxylic acids is 1. The van der Waals surface area contributed by atoms with E-state index in [1.54, 1.807) is 5.01 Å². The van der Waals surface area contributed by atoms with Crippen molar-refractivity contribution in [3.8, 4) is 5.75 Å². The number of nitrogens with zero attached hydrogens (tertiary/aromatic N) is 3. The van der Waals surface area contributed by atoms with E-state index in [1.165, 1.54) is 18.0 Å². The predicted molar refractivity (Wildman–Crippen MR) is 135 cm³/mol. The first kappa shape index (κ1) is 25.8. The average molecular weight is 528 g/mol. The molecule has 10 heteroatoms. The summed E-state index contributed by atoms with van der Waals surface area (Å²) in [4.78, 5) is 26.8. The van der Waals surface area contributed by atoms with Gasteiger partial charge in [0.1, 0.15) is 12.2 Å². The second-order valence-electron chi connectivity index (χ2n) is 9.59. The number of rotatable bonds is 5. The van der Waals surface area contributed by atoms with E-state index in [4.69, 9.17) is 4.74 Å². The molecule has 1 N–H and O–H groups in total. The van der Waals surface area contributed by atoms with E-state index < -0.39 is 47.2 Å². The third kappa shape index (κ3) is 4.22. The molecular formula is C28H28F3N3O4. The molecule has 1 aromatic heterocycles. The summed E-state index contributed by atoms with van der Waals surface area (Å²) < 4.78 is 49.2. The summed E-state index contributed by atoms with van der Waals surface area (Å²) in [6.07, 6.45) is -3.01. The lowest BCUT2D eigenvalue weighted by Gasteiger charge is -2.52. The van der Waals surface area contributed by atoms with Crippen LogP contribution in [0, 0.1) is 0 Å². The summed E-state index contributed by atoms with van der Waals surface area (Å²) in [6, 6.07) is 13.7. The van der Waals surface area contributed by atoms with Crippen LogP contribution in [0.1, 0.15) is 52.1 Å². The number of aromatic hydroxyl groups is 1. The van der Waals surface area contributed by atoms with Gasteiger partial charge in [0.15, 0.2) is 11.4 Å². The molecule has 1 amide bonds. The number of methoxy groups -OCH3 is 1. The summed E-state index contributed by atoms with van der Waals surface area (Å²) in [5, 5.41) is 12.4. The van der Waals surface area contributed by atoms with Gasteiger partial charge in [-0.15, -0.1) is 0 Å². The van der Waals surface area contributed by atoms with Gasteiger partial charge in [0.25, 0.3) is 5.91 Å². The summed E-state index contributed by atoms with van der Waals surface area (Å²) in [7, 11) is 1.44. The SMILES string of the molecule is COCCC1N(C(C)C(F)(F)F)C(=O)c2c(O)c(=O)ccn2N1C1c2ccccc2CCc2ccccc21. The van der Waals surface area contributed by atoms with Gasteiger partial charge in [-0.2, -0.15) is 13.2 Å². The number of aryl methyl sites for hydroxylation is 2. The van der Waals surface area contributed by atoms with Gasteiger partial charge in [-0.05, 0) is 42.0 Å². The van der Waals surface area contributed by atoms with Gasteiger partial charge < -0.3 is 14.7 Å². The molecule has 5 rings (SSSR count). The summed E-state index contributed by atoms with van der Waals surface area (Å²) >= 11 is 0. The highest BCUT2D eigenvalue weighted by Gasteiger charge is 2.51. The average Bonchev–Trinajstić information content (AvgIpc) is 3.05. The van der Waals surface area contributed by atoms with Crippen LogP contribution in [0.2, 0.25) is 0 Å². The van der Waals surface area contributed by atoms with Crippen LogP contribution in [0.3, 0.4) is 0 Å². The van der Waals surface area contributed by atoms with Crippen LogP contribution < -0.4 is 10.4 Å². The second kappa shape index (κ2) is 9.83. The Labute approximate surface area is 217 Å². The molecule has 0 radical (unpaired) electrons.